The fraction of sp³-hybridized carbons (Fsp3) is 0. The van der Waals surface area contributed by atoms with Crippen LogP contribution in [-0.4, -0.2) is 5.97 Å². The highest BCUT2D eigenvalue weighted by Crippen LogP contribution is 2.27. The van der Waals surface area contributed by atoms with Gasteiger partial charge in [0.25, 0.3) is 0 Å². The van der Waals surface area contributed by atoms with Gasteiger partial charge in [-0.15, -0.1) is 11.3 Å². The zero-order valence-corrected chi connectivity index (χ0v) is 9.96. The molecule has 1 heterocycles. The maximum atomic E-state index is 13.3. The molecule has 0 saturated carbocycles. The van der Waals surface area contributed by atoms with Crippen molar-refractivity contribution in [1.82, 2.24) is 0 Å². The lowest BCUT2D eigenvalue weighted by Gasteiger charge is -2.06. The van der Waals surface area contributed by atoms with Crippen molar-refractivity contribution in [3.8, 4) is 5.06 Å². The molecule has 0 unspecified atom stereocenters. The Morgan fingerprint density at radius 2 is 1.40 bits per heavy atom. The number of benzene rings is 1. The summed E-state index contributed by atoms with van der Waals surface area (Å²) < 4.78 is 82.0. The number of ether oxygens (including phenoxy) is 1. The topological polar surface area (TPSA) is 26.3 Å². The summed E-state index contributed by atoms with van der Waals surface area (Å²) in [6.07, 6.45) is 0. The number of carbonyl (C=O) groups excluding carboxylic acids is 1. The Hall–Kier alpha value is -2.03. The highest BCUT2D eigenvalue weighted by atomic mass is 32.1. The molecule has 0 aliphatic carbocycles. The van der Waals surface area contributed by atoms with Crippen LogP contribution in [0.1, 0.15) is 10.4 Å². The van der Waals surface area contributed by atoms with E-state index in [1.807, 2.05) is 0 Å². The van der Waals surface area contributed by atoms with Crippen molar-refractivity contribution in [3.63, 3.8) is 0 Å². The van der Waals surface area contributed by atoms with E-state index < -0.39 is 51.5 Å². The zero-order valence-electron chi connectivity index (χ0n) is 9.15. The van der Waals surface area contributed by atoms with Crippen LogP contribution in [0, 0.1) is 34.9 Å². The number of halogens is 6. The van der Waals surface area contributed by atoms with E-state index in [2.05, 4.69) is 4.74 Å². The van der Waals surface area contributed by atoms with E-state index in [1.165, 1.54) is 0 Å². The SMILES string of the molecule is O=C(Oc1cc(F)cs1)c1c(F)c(F)c(F)c(F)c1F. The average molecular weight is 312 g/mol. The molecule has 2 aromatic rings. The van der Waals surface area contributed by atoms with Crippen LogP contribution in [0.25, 0.3) is 0 Å². The lowest BCUT2D eigenvalue weighted by atomic mass is 10.1. The van der Waals surface area contributed by atoms with Crippen LogP contribution < -0.4 is 4.74 Å². The molecule has 2 rings (SSSR count). The third-order valence-electron chi connectivity index (χ3n) is 2.15. The van der Waals surface area contributed by atoms with Gasteiger partial charge in [0, 0.05) is 11.4 Å². The van der Waals surface area contributed by atoms with Gasteiger partial charge in [-0.2, -0.15) is 0 Å². The van der Waals surface area contributed by atoms with Crippen LogP contribution in [-0.2, 0) is 0 Å². The Bertz CT molecular complexity index is 667. The highest BCUT2D eigenvalue weighted by molar-refractivity contribution is 7.11. The Balaban J connectivity index is 2.45. The van der Waals surface area contributed by atoms with E-state index in [0.29, 0.717) is 17.4 Å². The van der Waals surface area contributed by atoms with Crippen LogP contribution in [0.5, 0.6) is 5.06 Å². The molecule has 0 radical (unpaired) electrons. The Labute approximate surface area is 111 Å². The molecule has 20 heavy (non-hydrogen) atoms. The van der Waals surface area contributed by atoms with E-state index in [0.717, 1.165) is 5.38 Å². The van der Waals surface area contributed by atoms with Crippen molar-refractivity contribution in [2.24, 2.45) is 0 Å². The molecular formula is C11H2F6O2S. The molecule has 1 aromatic carbocycles. The second kappa shape index (κ2) is 5.16. The molecule has 0 spiro atoms. The number of carbonyl (C=O) groups is 1. The summed E-state index contributed by atoms with van der Waals surface area (Å²) in [6.45, 7) is 0. The maximum Gasteiger partial charge on any atom is 0.350 e. The summed E-state index contributed by atoms with van der Waals surface area (Å²) in [5.74, 6) is -14.2. The standard InChI is InChI=1S/C11H2F6O2S/c12-3-1-4(20-2-3)19-11(18)5-6(13)8(15)10(17)9(16)7(5)14/h1-2H. The minimum atomic E-state index is -2.39. The van der Waals surface area contributed by atoms with E-state index in [9.17, 15) is 31.1 Å². The maximum absolute atomic E-state index is 13.3. The molecule has 0 fully saturated rings. The third kappa shape index (κ3) is 2.36. The number of rotatable bonds is 2. The number of hydrogen-bond acceptors (Lipinski definition) is 3. The highest BCUT2D eigenvalue weighted by Gasteiger charge is 2.31. The van der Waals surface area contributed by atoms with Gasteiger partial charge < -0.3 is 4.74 Å². The number of hydrogen-bond donors (Lipinski definition) is 0. The normalized spacial score (nSPS) is 10.7. The Morgan fingerprint density at radius 1 is 0.900 bits per heavy atom. The van der Waals surface area contributed by atoms with Gasteiger partial charge >= 0.3 is 5.97 Å². The van der Waals surface area contributed by atoms with E-state index in [1.54, 1.807) is 0 Å². The van der Waals surface area contributed by atoms with E-state index >= 15 is 0 Å². The molecule has 1 aromatic heterocycles. The van der Waals surface area contributed by atoms with Gasteiger partial charge in [-0.1, -0.05) is 0 Å². The second-order valence-corrected chi connectivity index (χ2v) is 4.29. The van der Waals surface area contributed by atoms with Crippen molar-refractivity contribution in [2.45, 2.75) is 0 Å². The third-order valence-corrected chi connectivity index (χ3v) is 2.93. The van der Waals surface area contributed by atoms with Crippen molar-refractivity contribution in [1.29, 1.82) is 0 Å². The van der Waals surface area contributed by atoms with Crippen LogP contribution >= 0.6 is 11.3 Å². The fourth-order valence-electron chi connectivity index (χ4n) is 1.28. The predicted molar refractivity (Wildman–Crippen MR) is 55.5 cm³/mol. The van der Waals surface area contributed by atoms with Crippen molar-refractivity contribution >= 4 is 17.3 Å². The van der Waals surface area contributed by atoms with Crippen LogP contribution in [0.2, 0.25) is 0 Å². The lowest BCUT2D eigenvalue weighted by Crippen LogP contribution is -2.17. The molecule has 2 nitrogen and oxygen atoms in total. The number of esters is 1. The molecule has 106 valence electrons. The summed E-state index contributed by atoms with van der Waals surface area (Å²) in [6, 6.07) is 0.717. The summed E-state index contributed by atoms with van der Waals surface area (Å²) in [5, 5.41) is 0.526. The predicted octanol–water partition coefficient (Wildman–Crippen LogP) is 3.80. The van der Waals surface area contributed by atoms with E-state index in [-0.39, 0.29) is 0 Å². The first kappa shape index (κ1) is 14.4. The average Bonchev–Trinajstić information content (AvgIpc) is 2.79. The quantitative estimate of drug-likeness (QED) is 0.365. The first-order valence-corrected chi connectivity index (χ1v) is 5.68. The summed E-state index contributed by atoms with van der Waals surface area (Å²) in [5.41, 5.74) is -1.74. The Kier molecular flexibility index (Phi) is 3.71. The Morgan fingerprint density at radius 3 is 1.85 bits per heavy atom. The van der Waals surface area contributed by atoms with Gasteiger partial charge in [0.05, 0.1) is 0 Å². The number of thiophene rings is 1. The largest absolute Gasteiger partial charge is 0.412 e. The summed E-state index contributed by atoms with van der Waals surface area (Å²) in [7, 11) is 0. The van der Waals surface area contributed by atoms with Crippen molar-refractivity contribution in [3.05, 3.63) is 51.9 Å². The molecule has 0 N–H and O–H groups in total. The minimum Gasteiger partial charge on any atom is -0.412 e. The molecule has 0 atom stereocenters. The summed E-state index contributed by atoms with van der Waals surface area (Å²) in [4.78, 5) is 11.4. The lowest BCUT2D eigenvalue weighted by molar-refractivity contribution is 0.0726. The second-order valence-electron chi connectivity index (χ2n) is 3.42. The monoisotopic (exact) mass is 312 g/mol. The smallest absolute Gasteiger partial charge is 0.350 e. The molecule has 0 amide bonds. The molecule has 9 heteroatoms. The van der Waals surface area contributed by atoms with Gasteiger partial charge in [0.2, 0.25) is 5.82 Å². The summed E-state index contributed by atoms with van der Waals surface area (Å²) >= 11 is 0.571. The molecule has 0 bridgehead atoms. The van der Waals surface area contributed by atoms with Gasteiger partial charge in [-0.05, 0) is 0 Å². The van der Waals surface area contributed by atoms with Gasteiger partial charge in [-0.3, -0.25) is 0 Å². The molecule has 0 aliphatic heterocycles. The first-order chi connectivity index (χ1) is 9.32. The van der Waals surface area contributed by atoms with Crippen LogP contribution in [0.3, 0.4) is 0 Å². The molecular weight excluding hydrogens is 310 g/mol. The molecule has 0 saturated heterocycles. The zero-order chi connectivity index (χ0) is 15.0. The van der Waals surface area contributed by atoms with Crippen molar-refractivity contribution in [2.75, 3.05) is 0 Å². The minimum absolute atomic E-state index is 0.392. The van der Waals surface area contributed by atoms with Crippen molar-refractivity contribution < 1.29 is 35.9 Å². The molecule has 0 aliphatic rings. The van der Waals surface area contributed by atoms with Gasteiger partial charge in [0.15, 0.2) is 28.3 Å². The fourth-order valence-corrected chi connectivity index (χ4v) is 1.88. The van der Waals surface area contributed by atoms with Gasteiger partial charge in [0.1, 0.15) is 11.4 Å². The van der Waals surface area contributed by atoms with E-state index in [4.69, 9.17) is 0 Å². The first-order valence-electron chi connectivity index (χ1n) is 4.80. The van der Waals surface area contributed by atoms with Gasteiger partial charge in [-0.25, -0.2) is 31.1 Å². The van der Waals surface area contributed by atoms with Crippen LogP contribution in [0.4, 0.5) is 26.3 Å². The van der Waals surface area contributed by atoms with Crippen LogP contribution in [0.15, 0.2) is 11.4 Å².